The maximum Gasteiger partial charge on any atom is 0.330 e. The van der Waals surface area contributed by atoms with Gasteiger partial charge in [0.25, 0.3) is 0 Å². The molecule has 0 radical (unpaired) electrons. The van der Waals surface area contributed by atoms with Gasteiger partial charge >= 0.3 is 5.97 Å². The molecule has 0 saturated heterocycles. The van der Waals surface area contributed by atoms with Crippen molar-refractivity contribution < 1.29 is 9.53 Å². The second kappa shape index (κ2) is 19.2. The number of hydrogen-bond acceptors (Lipinski definition) is 2. The molecule has 0 atom stereocenters. The Labute approximate surface area is 148 Å². The Morgan fingerprint density at radius 3 is 1.88 bits per heavy atom. The van der Waals surface area contributed by atoms with Crippen LogP contribution < -0.4 is 0 Å². The van der Waals surface area contributed by atoms with Crippen LogP contribution in [-0.4, -0.2) is 12.6 Å². The van der Waals surface area contributed by atoms with E-state index in [4.69, 9.17) is 4.74 Å². The van der Waals surface area contributed by atoms with E-state index >= 15 is 0 Å². The van der Waals surface area contributed by atoms with Crippen molar-refractivity contribution in [1.29, 1.82) is 0 Å². The molecule has 0 aromatic rings. The van der Waals surface area contributed by atoms with Crippen molar-refractivity contribution in [3.8, 4) is 0 Å². The van der Waals surface area contributed by atoms with Gasteiger partial charge in [-0.05, 0) is 19.8 Å². The van der Waals surface area contributed by atoms with Crippen LogP contribution >= 0.6 is 0 Å². The Kier molecular flexibility index (Phi) is 17.8. The number of esters is 1. The van der Waals surface area contributed by atoms with Gasteiger partial charge in [-0.2, -0.15) is 0 Å². The van der Waals surface area contributed by atoms with E-state index in [0.717, 1.165) is 0 Å². The lowest BCUT2D eigenvalue weighted by atomic mass is 10.1. The Morgan fingerprint density at radius 1 is 0.708 bits per heavy atom. The minimum Gasteiger partial charge on any atom is -0.463 e. The standard InChI is InChI=1S/C22H34O2/c1-3-5-6-7-8-9-10-11-12-13-14-15-16-17-18-19-20-21-22(23)24-4-2/h12-21H,3-11H2,1-2H3. The van der Waals surface area contributed by atoms with Crippen LogP contribution in [0.1, 0.15) is 65.2 Å². The highest BCUT2D eigenvalue weighted by Gasteiger charge is 1.89. The highest BCUT2D eigenvalue weighted by molar-refractivity contribution is 5.82. The van der Waals surface area contributed by atoms with Gasteiger partial charge in [0.15, 0.2) is 0 Å². The van der Waals surface area contributed by atoms with Crippen molar-refractivity contribution in [2.75, 3.05) is 6.61 Å². The molecule has 2 heteroatoms. The number of allylic oxidation sites excluding steroid dienone is 9. The fourth-order valence-electron chi connectivity index (χ4n) is 2.10. The first-order valence-corrected chi connectivity index (χ1v) is 9.31. The first-order chi connectivity index (χ1) is 11.8. The first kappa shape index (κ1) is 22.2. The van der Waals surface area contributed by atoms with Gasteiger partial charge in [-0.3, -0.25) is 0 Å². The van der Waals surface area contributed by atoms with E-state index in [9.17, 15) is 4.79 Å². The molecule has 0 rings (SSSR count). The fourth-order valence-corrected chi connectivity index (χ4v) is 2.10. The van der Waals surface area contributed by atoms with Crippen molar-refractivity contribution in [1.82, 2.24) is 0 Å². The summed E-state index contributed by atoms with van der Waals surface area (Å²) in [6.07, 6.45) is 29.7. The summed E-state index contributed by atoms with van der Waals surface area (Å²) < 4.78 is 4.77. The first-order valence-electron chi connectivity index (χ1n) is 9.31. The van der Waals surface area contributed by atoms with Crippen LogP contribution in [0.3, 0.4) is 0 Å². The van der Waals surface area contributed by atoms with Crippen LogP contribution in [-0.2, 0) is 9.53 Å². The second-order valence-electron chi connectivity index (χ2n) is 5.60. The summed E-state index contributed by atoms with van der Waals surface area (Å²) in [5.74, 6) is -0.308. The van der Waals surface area contributed by atoms with Gasteiger partial charge in [0.05, 0.1) is 6.61 Å². The molecule has 0 aliphatic heterocycles. The van der Waals surface area contributed by atoms with E-state index in [-0.39, 0.29) is 5.97 Å². The van der Waals surface area contributed by atoms with Crippen LogP contribution in [0, 0.1) is 0 Å². The predicted molar refractivity (Wildman–Crippen MR) is 105 cm³/mol. The van der Waals surface area contributed by atoms with Crippen molar-refractivity contribution in [3.05, 3.63) is 60.8 Å². The number of carbonyl (C=O) groups excluding carboxylic acids is 1. The van der Waals surface area contributed by atoms with Crippen molar-refractivity contribution in [2.45, 2.75) is 65.2 Å². The van der Waals surface area contributed by atoms with E-state index in [1.54, 1.807) is 19.1 Å². The topological polar surface area (TPSA) is 26.3 Å². The lowest BCUT2D eigenvalue weighted by Gasteiger charge is -1.98. The molecule has 0 aliphatic carbocycles. The van der Waals surface area contributed by atoms with Crippen LogP contribution in [0.2, 0.25) is 0 Å². The lowest BCUT2D eigenvalue weighted by Crippen LogP contribution is -1.98. The molecule has 0 saturated carbocycles. The normalized spacial score (nSPS) is 12.6. The summed E-state index contributed by atoms with van der Waals surface area (Å²) >= 11 is 0. The number of carbonyl (C=O) groups is 1. The zero-order chi connectivity index (χ0) is 17.7. The third-order valence-electron chi connectivity index (χ3n) is 3.41. The van der Waals surface area contributed by atoms with Crippen molar-refractivity contribution in [3.63, 3.8) is 0 Å². The van der Waals surface area contributed by atoms with Gasteiger partial charge in [0.1, 0.15) is 0 Å². The van der Waals surface area contributed by atoms with Gasteiger partial charge in [0.2, 0.25) is 0 Å². The summed E-state index contributed by atoms with van der Waals surface area (Å²) in [5.41, 5.74) is 0. The summed E-state index contributed by atoms with van der Waals surface area (Å²) in [5, 5.41) is 0. The molecular formula is C22H34O2. The molecule has 0 spiro atoms. The molecule has 0 heterocycles. The monoisotopic (exact) mass is 330 g/mol. The van der Waals surface area contributed by atoms with Crippen molar-refractivity contribution >= 4 is 5.97 Å². The van der Waals surface area contributed by atoms with Gasteiger partial charge in [-0.25, -0.2) is 4.79 Å². The Balaban J connectivity index is 3.57. The third-order valence-corrected chi connectivity index (χ3v) is 3.41. The van der Waals surface area contributed by atoms with E-state index in [1.165, 1.54) is 57.4 Å². The Hall–Kier alpha value is -1.83. The van der Waals surface area contributed by atoms with Gasteiger partial charge in [0, 0.05) is 6.08 Å². The SMILES string of the molecule is CCCCCCCCCC=CC=CC=CC=CC=CC(=O)OCC. The predicted octanol–water partition coefficient (Wildman–Crippen LogP) is 6.47. The summed E-state index contributed by atoms with van der Waals surface area (Å²) in [4.78, 5) is 11.0. The van der Waals surface area contributed by atoms with Gasteiger partial charge in [-0.15, -0.1) is 0 Å². The molecule has 0 aliphatic rings. The van der Waals surface area contributed by atoms with Crippen molar-refractivity contribution in [2.24, 2.45) is 0 Å². The number of rotatable bonds is 14. The molecule has 0 bridgehead atoms. The average Bonchev–Trinajstić information content (AvgIpc) is 2.58. The van der Waals surface area contributed by atoms with E-state index in [0.29, 0.717) is 6.61 Å². The number of unbranched alkanes of at least 4 members (excludes halogenated alkanes) is 7. The average molecular weight is 331 g/mol. The summed E-state index contributed by atoms with van der Waals surface area (Å²) in [6.45, 7) is 4.46. The molecule has 0 amide bonds. The zero-order valence-corrected chi connectivity index (χ0v) is 15.5. The molecule has 134 valence electrons. The van der Waals surface area contributed by atoms with E-state index in [2.05, 4.69) is 19.1 Å². The maximum absolute atomic E-state index is 11.0. The highest BCUT2D eigenvalue weighted by atomic mass is 16.5. The maximum atomic E-state index is 11.0. The smallest absolute Gasteiger partial charge is 0.330 e. The largest absolute Gasteiger partial charge is 0.463 e. The molecule has 0 fully saturated rings. The summed E-state index contributed by atoms with van der Waals surface area (Å²) in [7, 11) is 0. The lowest BCUT2D eigenvalue weighted by molar-refractivity contribution is -0.137. The van der Waals surface area contributed by atoms with Crippen LogP contribution in [0.5, 0.6) is 0 Å². The van der Waals surface area contributed by atoms with Gasteiger partial charge < -0.3 is 4.74 Å². The Morgan fingerprint density at radius 2 is 1.25 bits per heavy atom. The molecule has 24 heavy (non-hydrogen) atoms. The van der Waals surface area contributed by atoms with Crippen LogP contribution in [0.15, 0.2) is 60.8 Å². The van der Waals surface area contributed by atoms with E-state index < -0.39 is 0 Å². The second-order valence-corrected chi connectivity index (χ2v) is 5.60. The molecule has 2 nitrogen and oxygen atoms in total. The molecule has 0 N–H and O–H groups in total. The zero-order valence-electron chi connectivity index (χ0n) is 15.5. The highest BCUT2D eigenvalue weighted by Crippen LogP contribution is 2.08. The number of hydrogen-bond donors (Lipinski definition) is 0. The molecule has 0 unspecified atom stereocenters. The molecular weight excluding hydrogens is 296 g/mol. The molecule has 0 aromatic heterocycles. The summed E-state index contributed by atoms with van der Waals surface area (Å²) in [6, 6.07) is 0. The van der Waals surface area contributed by atoms with E-state index in [1.807, 2.05) is 30.4 Å². The van der Waals surface area contributed by atoms with Crippen LogP contribution in [0.4, 0.5) is 0 Å². The minimum absolute atomic E-state index is 0.308. The quantitative estimate of drug-likeness (QED) is 0.158. The minimum atomic E-state index is -0.308. The Bertz CT molecular complexity index is 425. The van der Waals surface area contributed by atoms with Crippen LogP contribution in [0.25, 0.3) is 0 Å². The molecule has 0 aromatic carbocycles. The fraction of sp³-hybridized carbons (Fsp3) is 0.500. The third kappa shape index (κ3) is 18.2. The van der Waals surface area contributed by atoms with Gasteiger partial charge in [-0.1, -0.05) is 100 Å². The number of ether oxygens (including phenoxy) is 1.